The van der Waals surface area contributed by atoms with E-state index in [0.717, 1.165) is 0 Å². The number of pyridine rings is 1. The lowest BCUT2D eigenvalue weighted by Gasteiger charge is -2.12. The standard InChI is InChI=1S/C15H13N3O2/c1-2-20-15-17-12-9-6-10-16-13(12)14(19)18(15)11-7-4-3-5-8-11/h3-10H,2H2,1H3. The molecule has 0 unspecified atom stereocenters. The molecular formula is C15H13N3O2. The maximum absolute atomic E-state index is 12.6. The molecule has 5 heteroatoms. The summed E-state index contributed by atoms with van der Waals surface area (Å²) < 4.78 is 6.95. The van der Waals surface area contributed by atoms with Gasteiger partial charge in [0.25, 0.3) is 5.56 Å². The normalized spacial score (nSPS) is 10.7. The van der Waals surface area contributed by atoms with Crippen LogP contribution in [0.5, 0.6) is 6.01 Å². The first-order valence-corrected chi connectivity index (χ1v) is 6.37. The second-order valence-corrected chi connectivity index (χ2v) is 4.17. The molecule has 1 aromatic carbocycles. The van der Waals surface area contributed by atoms with Crippen molar-refractivity contribution in [3.05, 3.63) is 59.0 Å². The van der Waals surface area contributed by atoms with E-state index in [2.05, 4.69) is 9.97 Å². The largest absolute Gasteiger partial charge is 0.465 e. The molecule has 0 fully saturated rings. The van der Waals surface area contributed by atoms with Crippen molar-refractivity contribution in [2.45, 2.75) is 6.92 Å². The average Bonchev–Trinajstić information content (AvgIpc) is 2.49. The molecule has 3 aromatic rings. The minimum Gasteiger partial charge on any atom is -0.465 e. The van der Waals surface area contributed by atoms with Crippen LogP contribution in [-0.2, 0) is 0 Å². The second kappa shape index (κ2) is 5.13. The highest BCUT2D eigenvalue weighted by molar-refractivity contribution is 5.73. The van der Waals surface area contributed by atoms with Crippen LogP contribution in [0.4, 0.5) is 0 Å². The molecular weight excluding hydrogens is 254 g/mol. The van der Waals surface area contributed by atoms with Crippen molar-refractivity contribution in [1.29, 1.82) is 0 Å². The van der Waals surface area contributed by atoms with Gasteiger partial charge in [-0.3, -0.25) is 4.79 Å². The molecule has 0 amide bonds. The Balaban J connectivity index is 2.36. The molecule has 0 radical (unpaired) electrons. The summed E-state index contributed by atoms with van der Waals surface area (Å²) >= 11 is 0. The third-order valence-corrected chi connectivity index (χ3v) is 2.89. The Bertz CT molecular complexity index is 797. The third-order valence-electron chi connectivity index (χ3n) is 2.89. The molecule has 0 saturated carbocycles. The molecule has 0 N–H and O–H groups in total. The number of benzene rings is 1. The molecule has 0 saturated heterocycles. The molecule has 0 spiro atoms. The van der Waals surface area contributed by atoms with Crippen molar-refractivity contribution in [3.63, 3.8) is 0 Å². The summed E-state index contributed by atoms with van der Waals surface area (Å²) in [7, 11) is 0. The van der Waals surface area contributed by atoms with Gasteiger partial charge in [-0.05, 0) is 31.2 Å². The maximum atomic E-state index is 12.6. The van der Waals surface area contributed by atoms with Gasteiger partial charge in [-0.1, -0.05) is 18.2 Å². The molecule has 3 rings (SSSR count). The Labute approximate surface area is 115 Å². The first-order chi connectivity index (χ1) is 9.81. The Morgan fingerprint density at radius 3 is 2.70 bits per heavy atom. The molecule has 5 nitrogen and oxygen atoms in total. The number of hydrogen-bond donors (Lipinski definition) is 0. The van der Waals surface area contributed by atoms with Crippen molar-refractivity contribution in [2.24, 2.45) is 0 Å². The fraction of sp³-hybridized carbons (Fsp3) is 0.133. The van der Waals surface area contributed by atoms with Crippen molar-refractivity contribution in [1.82, 2.24) is 14.5 Å². The van der Waals surface area contributed by atoms with Gasteiger partial charge in [-0.2, -0.15) is 4.98 Å². The van der Waals surface area contributed by atoms with E-state index in [0.29, 0.717) is 23.3 Å². The third kappa shape index (κ3) is 2.03. The van der Waals surface area contributed by atoms with E-state index in [1.165, 1.54) is 4.57 Å². The zero-order valence-corrected chi connectivity index (χ0v) is 11.0. The highest BCUT2D eigenvalue weighted by Crippen LogP contribution is 2.16. The second-order valence-electron chi connectivity index (χ2n) is 4.17. The minimum absolute atomic E-state index is 0.231. The topological polar surface area (TPSA) is 57.0 Å². The lowest BCUT2D eigenvalue weighted by Crippen LogP contribution is -2.22. The molecule has 0 aliphatic carbocycles. The zero-order chi connectivity index (χ0) is 13.9. The fourth-order valence-electron chi connectivity index (χ4n) is 2.03. The van der Waals surface area contributed by atoms with E-state index >= 15 is 0 Å². The summed E-state index contributed by atoms with van der Waals surface area (Å²) in [5.41, 5.74) is 1.35. The SMILES string of the molecule is CCOc1nc2cccnc2c(=O)n1-c1ccccc1. The van der Waals surface area contributed by atoms with Crippen LogP contribution in [0.15, 0.2) is 53.5 Å². The van der Waals surface area contributed by atoms with E-state index in [9.17, 15) is 4.79 Å². The number of rotatable bonds is 3. The fourth-order valence-corrected chi connectivity index (χ4v) is 2.03. The van der Waals surface area contributed by atoms with Crippen LogP contribution in [0.25, 0.3) is 16.7 Å². The highest BCUT2D eigenvalue weighted by atomic mass is 16.5. The molecule has 2 aromatic heterocycles. The van der Waals surface area contributed by atoms with Gasteiger partial charge in [0.2, 0.25) is 0 Å². The van der Waals surface area contributed by atoms with E-state index in [4.69, 9.17) is 4.74 Å². The first kappa shape index (κ1) is 12.3. The molecule has 0 aliphatic heterocycles. The van der Waals surface area contributed by atoms with Crippen molar-refractivity contribution >= 4 is 11.0 Å². The highest BCUT2D eigenvalue weighted by Gasteiger charge is 2.13. The molecule has 0 bridgehead atoms. The smallest absolute Gasteiger partial charge is 0.304 e. The molecule has 20 heavy (non-hydrogen) atoms. The lowest BCUT2D eigenvalue weighted by atomic mass is 10.3. The van der Waals surface area contributed by atoms with Gasteiger partial charge < -0.3 is 4.74 Å². The number of aromatic nitrogens is 3. The number of nitrogens with zero attached hydrogens (tertiary/aromatic N) is 3. The summed E-state index contributed by atoms with van der Waals surface area (Å²) in [6, 6.07) is 13.1. The Morgan fingerprint density at radius 1 is 1.15 bits per heavy atom. The summed E-state index contributed by atoms with van der Waals surface area (Å²) in [4.78, 5) is 21.1. The van der Waals surface area contributed by atoms with Crippen LogP contribution in [0.3, 0.4) is 0 Å². The molecule has 0 atom stereocenters. The Hall–Kier alpha value is -2.69. The predicted molar refractivity (Wildman–Crippen MR) is 76.3 cm³/mol. The number of hydrogen-bond acceptors (Lipinski definition) is 4. The van der Waals surface area contributed by atoms with Gasteiger partial charge in [-0.15, -0.1) is 0 Å². The average molecular weight is 267 g/mol. The molecule has 100 valence electrons. The van der Waals surface area contributed by atoms with Crippen LogP contribution in [0.2, 0.25) is 0 Å². The van der Waals surface area contributed by atoms with Crippen molar-refractivity contribution in [2.75, 3.05) is 6.61 Å². The van der Waals surface area contributed by atoms with E-state index < -0.39 is 0 Å². The van der Waals surface area contributed by atoms with E-state index in [-0.39, 0.29) is 11.6 Å². The van der Waals surface area contributed by atoms with Crippen LogP contribution in [-0.4, -0.2) is 21.1 Å². The predicted octanol–water partition coefficient (Wildman–Crippen LogP) is 2.18. The summed E-state index contributed by atoms with van der Waals surface area (Å²) in [6.45, 7) is 2.29. The summed E-state index contributed by atoms with van der Waals surface area (Å²) in [5.74, 6) is 0. The summed E-state index contributed by atoms with van der Waals surface area (Å²) in [6.07, 6.45) is 1.58. The maximum Gasteiger partial charge on any atom is 0.304 e. The lowest BCUT2D eigenvalue weighted by molar-refractivity contribution is 0.304. The van der Waals surface area contributed by atoms with Crippen LogP contribution in [0, 0.1) is 0 Å². The zero-order valence-electron chi connectivity index (χ0n) is 11.0. The van der Waals surface area contributed by atoms with Crippen LogP contribution >= 0.6 is 0 Å². The van der Waals surface area contributed by atoms with Gasteiger partial charge in [0.1, 0.15) is 5.52 Å². The number of para-hydroxylation sites is 1. The van der Waals surface area contributed by atoms with Gasteiger partial charge in [0, 0.05) is 6.20 Å². The van der Waals surface area contributed by atoms with Crippen molar-refractivity contribution < 1.29 is 4.74 Å². The van der Waals surface area contributed by atoms with Crippen molar-refractivity contribution in [3.8, 4) is 11.7 Å². The quantitative estimate of drug-likeness (QED) is 0.730. The van der Waals surface area contributed by atoms with Gasteiger partial charge >= 0.3 is 6.01 Å². The first-order valence-electron chi connectivity index (χ1n) is 6.37. The van der Waals surface area contributed by atoms with Crippen LogP contribution < -0.4 is 10.3 Å². The van der Waals surface area contributed by atoms with Crippen LogP contribution in [0.1, 0.15) is 6.92 Å². The van der Waals surface area contributed by atoms with Gasteiger partial charge in [0.15, 0.2) is 5.52 Å². The minimum atomic E-state index is -0.231. The number of fused-ring (bicyclic) bond motifs is 1. The summed E-state index contributed by atoms with van der Waals surface area (Å²) in [5, 5.41) is 0. The van der Waals surface area contributed by atoms with E-state index in [1.807, 2.05) is 37.3 Å². The Kier molecular flexibility index (Phi) is 3.16. The van der Waals surface area contributed by atoms with E-state index in [1.54, 1.807) is 18.3 Å². The van der Waals surface area contributed by atoms with Gasteiger partial charge in [-0.25, -0.2) is 9.55 Å². The van der Waals surface area contributed by atoms with Gasteiger partial charge in [0.05, 0.1) is 12.3 Å². The number of ether oxygens (including phenoxy) is 1. The molecule has 2 heterocycles. The monoisotopic (exact) mass is 267 g/mol. The molecule has 0 aliphatic rings. The Morgan fingerprint density at radius 2 is 1.95 bits per heavy atom.